The topological polar surface area (TPSA) is 39.4 Å². The summed E-state index contributed by atoms with van der Waals surface area (Å²) >= 11 is 0. The second-order valence-corrected chi connectivity index (χ2v) is 8.66. The van der Waals surface area contributed by atoms with Crippen LogP contribution in [0.2, 0.25) is 0 Å². The Hall–Kier alpha value is -2.55. The maximum Gasteiger partial charge on any atom is 0.344 e. The third-order valence-electron chi connectivity index (χ3n) is 5.81. The van der Waals surface area contributed by atoms with E-state index < -0.39 is 0 Å². The summed E-state index contributed by atoms with van der Waals surface area (Å²) in [6.45, 7) is 10.6. The van der Waals surface area contributed by atoms with E-state index in [0.29, 0.717) is 22.8 Å². The first kappa shape index (κ1) is 21.2. The van der Waals surface area contributed by atoms with Crippen molar-refractivity contribution in [2.24, 2.45) is 5.92 Å². The van der Waals surface area contributed by atoms with Crippen molar-refractivity contribution in [3.8, 4) is 16.9 Å². The van der Waals surface area contributed by atoms with Gasteiger partial charge >= 0.3 is 5.63 Å². The van der Waals surface area contributed by atoms with Gasteiger partial charge in [0.2, 0.25) is 0 Å². The number of fused-ring (bicyclic) bond motifs is 1. The monoisotopic (exact) mass is 392 g/mol. The van der Waals surface area contributed by atoms with E-state index in [9.17, 15) is 4.79 Å². The van der Waals surface area contributed by atoms with Crippen LogP contribution in [0.1, 0.15) is 59.4 Å². The first-order valence-corrected chi connectivity index (χ1v) is 10.7. The fourth-order valence-corrected chi connectivity index (χ4v) is 3.21. The summed E-state index contributed by atoms with van der Waals surface area (Å²) in [4.78, 5) is 12.6. The van der Waals surface area contributed by atoms with Gasteiger partial charge in [0.05, 0.1) is 5.56 Å². The van der Waals surface area contributed by atoms with E-state index in [2.05, 4.69) is 46.8 Å². The number of rotatable bonds is 8. The van der Waals surface area contributed by atoms with Crippen molar-refractivity contribution < 1.29 is 9.15 Å². The zero-order chi connectivity index (χ0) is 21.0. The molecule has 0 aliphatic heterocycles. The molecular formula is C26H32O3. The molecule has 0 N–H and O–H groups in total. The minimum atomic E-state index is -0.323. The van der Waals surface area contributed by atoms with Gasteiger partial charge in [-0.15, -0.1) is 0 Å². The second-order valence-electron chi connectivity index (χ2n) is 8.66. The largest absolute Gasteiger partial charge is 0.487 e. The van der Waals surface area contributed by atoms with Crippen LogP contribution in [0.5, 0.6) is 5.75 Å². The number of unbranched alkanes of at least 4 members (excludes halogenated alkanes) is 2. The molecule has 3 nitrogen and oxygen atoms in total. The molecule has 0 spiro atoms. The lowest BCUT2D eigenvalue weighted by molar-refractivity contribution is 0.0601. The van der Waals surface area contributed by atoms with Gasteiger partial charge in [0.15, 0.2) is 0 Å². The molecule has 0 aliphatic carbocycles. The van der Waals surface area contributed by atoms with Gasteiger partial charge in [-0.2, -0.15) is 0 Å². The Labute approximate surface area is 173 Å². The maximum absolute atomic E-state index is 12.6. The van der Waals surface area contributed by atoms with Gasteiger partial charge in [0.1, 0.15) is 16.9 Å². The Bertz CT molecular complexity index is 1010. The van der Waals surface area contributed by atoms with Gasteiger partial charge in [-0.25, -0.2) is 4.79 Å². The predicted octanol–water partition coefficient (Wildman–Crippen LogP) is 7.01. The second kappa shape index (κ2) is 8.86. The summed E-state index contributed by atoms with van der Waals surface area (Å²) in [6.07, 6.45) is 4.75. The highest BCUT2D eigenvalue weighted by molar-refractivity contribution is 5.82. The van der Waals surface area contributed by atoms with Gasteiger partial charge in [-0.3, -0.25) is 0 Å². The summed E-state index contributed by atoms with van der Waals surface area (Å²) < 4.78 is 11.8. The van der Waals surface area contributed by atoms with E-state index in [-0.39, 0.29) is 11.2 Å². The van der Waals surface area contributed by atoms with Crippen LogP contribution < -0.4 is 10.4 Å². The Kier molecular flexibility index (Phi) is 6.46. The molecule has 0 amide bonds. The Morgan fingerprint density at radius 1 is 1.00 bits per heavy atom. The van der Waals surface area contributed by atoms with Crippen molar-refractivity contribution in [2.45, 2.75) is 65.9 Å². The maximum atomic E-state index is 12.6. The van der Waals surface area contributed by atoms with E-state index in [0.717, 1.165) is 17.4 Å². The third kappa shape index (κ3) is 5.09. The van der Waals surface area contributed by atoms with Crippen molar-refractivity contribution in [1.82, 2.24) is 0 Å². The molecule has 29 heavy (non-hydrogen) atoms. The van der Waals surface area contributed by atoms with Gasteiger partial charge in [0, 0.05) is 11.5 Å². The highest BCUT2D eigenvalue weighted by Gasteiger charge is 2.24. The normalized spacial score (nSPS) is 11.9. The highest BCUT2D eigenvalue weighted by Crippen LogP contribution is 2.29. The van der Waals surface area contributed by atoms with E-state index in [1.165, 1.54) is 24.8 Å². The molecule has 1 aromatic heterocycles. The SMILES string of the molecule is CCCCCc1ccc(-c2cc3ccc(OC(C)(C)C(C)C)cc3oc2=O)cc1. The lowest BCUT2D eigenvalue weighted by Crippen LogP contribution is -2.34. The van der Waals surface area contributed by atoms with E-state index >= 15 is 0 Å². The number of hydrogen-bond acceptors (Lipinski definition) is 3. The Balaban J connectivity index is 1.86. The molecule has 154 valence electrons. The van der Waals surface area contributed by atoms with Crippen LogP contribution in [0.15, 0.2) is 57.7 Å². The molecule has 0 atom stereocenters. The Morgan fingerprint density at radius 2 is 1.72 bits per heavy atom. The smallest absolute Gasteiger partial charge is 0.344 e. The average Bonchev–Trinajstić information content (AvgIpc) is 2.68. The summed E-state index contributed by atoms with van der Waals surface area (Å²) in [5.74, 6) is 1.07. The van der Waals surface area contributed by atoms with E-state index in [1.807, 2.05) is 36.4 Å². The Morgan fingerprint density at radius 3 is 2.38 bits per heavy atom. The van der Waals surface area contributed by atoms with Crippen molar-refractivity contribution in [2.75, 3.05) is 0 Å². The molecule has 3 rings (SSSR count). The van der Waals surface area contributed by atoms with Gasteiger partial charge in [-0.1, -0.05) is 57.9 Å². The van der Waals surface area contributed by atoms with Crippen LogP contribution in [0.3, 0.4) is 0 Å². The summed E-state index contributed by atoms with van der Waals surface area (Å²) in [5.41, 5.74) is 2.72. The minimum Gasteiger partial charge on any atom is -0.487 e. The van der Waals surface area contributed by atoms with Gasteiger partial charge in [-0.05, 0) is 61.9 Å². The van der Waals surface area contributed by atoms with E-state index in [4.69, 9.17) is 9.15 Å². The van der Waals surface area contributed by atoms with Crippen LogP contribution in [0.4, 0.5) is 0 Å². The molecule has 0 saturated heterocycles. The lowest BCUT2D eigenvalue weighted by atomic mass is 9.94. The first-order chi connectivity index (χ1) is 13.8. The predicted molar refractivity (Wildman–Crippen MR) is 121 cm³/mol. The van der Waals surface area contributed by atoms with Crippen LogP contribution in [-0.2, 0) is 6.42 Å². The molecule has 0 saturated carbocycles. The highest BCUT2D eigenvalue weighted by atomic mass is 16.5. The summed E-state index contributed by atoms with van der Waals surface area (Å²) in [6, 6.07) is 15.9. The van der Waals surface area contributed by atoms with Crippen molar-refractivity contribution in [3.05, 3.63) is 64.5 Å². The molecular weight excluding hydrogens is 360 g/mol. The van der Waals surface area contributed by atoms with Crippen LogP contribution in [0.25, 0.3) is 22.1 Å². The van der Waals surface area contributed by atoms with E-state index in [1.54, 1.807) is 0 Å². The van der Waals surface area contributed by atoms with Crippen LogP contribution >= 0.6 is 0 Å². The molecule has 0 bridgehead atoms. The quantitative estimate of drug-likeness (QED) is 0.306. The molecule has 3 heteroatoms. The number of benzene rings is 2. The minimum absolute atomic E-state index is 0.299. The number of aryl methyl sites for hydroxylation is 1. The summed E-state index contributed by atoms with van der Waals surface area (Å²) in [7, 11) is 0. The first-order valence-electron chi connectivity index (χ1n) is 10.7. The molecule has 3 aromatic rings. The average molecular weight is 393 g/mol. The summed E-state index contributed by atoms with van der Waals surface area (Å²) in [5, 5.41) is 0.890. The molecule has 2 aromatic carbocycles. The standard InChI is InChI=1S/C26H32O3/c1-6-7-8-9-19-10-12-20(13-11-19)23-16-21-14-15-22(17-24(21)28-25(23)27)29-26(4,5)18(2)3/h10-18H,6-9H2,1-5H3. The lowest BCUT2D eigenvalue weighted by Gasteiger charge is -2.30. The van der Waals surface area contributed by atoms with Crippen LogP contribution in [-0.4, -0.2) is 5.60 Å². The molecule has 1 heterocycles. The zero-order valence-electron chi connectivity index (χ0n) is 18.2. The van der Waals surface area contributed by atoms with Crippen molar-refractivity contribution in [3.63, 3.8) is 0 Å². The van der Waals surface area contributed by atoms with Crippen molar-refractivity contribution >= 4 is 11.0 Å². The molecule has 0 fully saturated rings. The van der Waals surface area contributed by atoms with Gasteiger partial charge < -0.3 is 9.15 Å². The molecule has 0 aliphatic rings. The fraction of sp³-hybridized carbons (Fsp3) is 0.423. The number of hydrogen-bond donors (Lipinski definition) is 0. The fourth-order valence-electron chi connectivity index (χ4n) is 3.21. The number of ether oxygens (including phenoxy) is 1. The zero-order valence-corrected chi connectivity index (χ0v) is 18.2. The van der Waals surface area contributed by atoms with Crippen molar-refractivity contribution in [1.29, 1.82) is 0 Å². The van der Waals surface area contributed by atoms with Gasteiger partial charge in [0.25, 0.3) is 0 Å². The van der Waals surface area contributed by atoms with Crippen LogP contribution in [0, 0.1) is 5.92 Å². The molecule has 0 radical (unpaired) electrons. The molecule has 0 unspecified atom stereocenters. The third-order valence-corrected chi connectivity index (χ3v) is 5.81.